The fourth-order valence-electron chi connectivity index (χ4n) is 2.13. The van der Waals surface area contributed by atoms with Gasteiger partial charge in [-0.05, 0) is 35.4 Å². The van der Waals surface area contributed by atoms with E-state index in [0.717, 1.165) is 11.2 Å². The molecule has 1 saturated carbocycles. The maximum atomic E-state index is 9.37. The predicted molar refractivity (Wildman–Crippen MR) is 57.7 cm³/mol. The summed E-state index contributed by atoms with van der Waals surface area (Å²) in [5, 5.41) is 9.37. The number of pyridine rings is 1. The van der Waals surface area contributed by atoms with Crippen LogP contribution in [0.15, 0.2) is 24.7 Å². The summed E-state index contributed by atoms with van der Waals surface area (Å²) in [6, 6.07) is 1.99. The van der Waals surface area contributed by atoms with E-state index < -0.39 is 0 Å². The molecule has 3 nitrogen and oxygen atoms in total. The number of aliphatic hydroxyl groups excluding tert-OH is 1. The highest BCUT2D eigenvalue weighted by Gasteiger charge is 2.40. The first kappa shape index (κ1) is 8.92. The zero-order valence-corrected chi connectivity index (χ0v) is 8.77. The van der Waals surface area contributed by atoms with Gasteiger partial charge in [0.05, 0.1) is 6.61 Å². The van der Waals surface area contributed by atoms with Crippen molar-refractivity contribution in [3.63, 3.8) is 0 Å². The zero-order valence-electron chi connectivity index (χ0n) is 8.77. The summed E-state index contributed by atoms with van der Waals surface area (Å²) in [4.78, 5) is 4.22. The second-order valence-corrected chi connectivity index (χ2v) is 4.62. The smallest absolute Gasteiger partial charge is 0.137 e. The number of aromatic nitrogens is 2. The lowest BCUT2D eigenvalue weighted by Crippen LogP contribution is -2.07. The first-order valence-corrected chi connectivity index (χ1v) is 5.30. The van der Waals surface area contributed by atoms with E-state index in [9.17, 15) is 5.11 Å². The molecular formula is C12H14N2O. The fraction of sp³-hybridized carbons (Fsp3) is 0.417. The summed E-state index contributed by atoms with van der Waals surface area (Å²) in [6.07, 6.45) is 8.29. The lowest BCUT2D eigenvalue weighted by molar-refractivity contribution is 0.279. The minimum Gasteiger partial charge on any atom is -0.392 e. The lowest BCUT2D eigenvalue weighted by atomic mass is 9.95. The third-order valence-electron chi connectivity index (χ3n) is 3.44. The molecule has 0 aromatic carbocycles. The zero-order chi connectivity index (χ0) is 10.5. The van der Waals surface area contributed by atoms with E-state index >= 15 is 0 Å². The summed E-state index contributed by atoms with van der Waals surface area (Å²) < 4.78 is 2.03. The molecule has 1 aliphatic carbocycles. The first-order valence-electron chi connectivity index (χ1n) is 5.30. The third kappa shape index (κ3) is 1.27. The average Bonchev–Trinajstić information content (AvgIpc) is 2.83. The molecule has 78 valence electrons. The largest absolute Gasteiger partial charge is 0.392 e. The van der Waals surface area contributed by atoms with Crippen LogP contribution >= 0.6 is 0 Å². The second kappa shape index (κ2) is 2.83. The quantitative estimate of drug-likeness (QED) is 0.807. The molecule has 1 aliphatic rings. The van der Waals surface area contributed by atoms with Crippen molar-refractivity contribution < 1.29 is 5.11 Å². The number of rotatable bonds is 2. The van der Waals surface area contributed by atoms with Crippen LogP contribution in [0, 0.1) is 0 Å². The van der Waals surface area contributed by atoms with Gasteiger partial charge in [0.1, 0.15) is 5.65 Å². The van der Waals surface area contributed by atoms with Crippen molar-refractivity contribution >= 4 is 5.65 Å². The molecule has 0 bridgehead atoms. The number of hydrogen-bond donors (Lipinski definition) is 1. The summed E-state index contributed by atoms with van der Waals surface area (Å²) >= 11 is 0. The van der Waals surface area contributed by atoms with Crippen molar-refractivity contribution in [2.75, 3.05) is 0 Å². The predicted octanol–water partition coefficient (Wildman–Crippen LogP) is 1.88. The number of aliphatic hydroxyl groups is 1. The maximum absolute atomic E-state index is 9.37. The molecule has 0 aliphatic heterocycles. The van der Waals surface area contributed by atoms with Crippen molar-refractivity contribution in [3.8, 4) is 0 Å². The third-order valence-corrected chi connectivity index (χ3v) is 3.44. The van der Waals surface area contributed by atoms with Gasteiger partial charge in [-0.1, -0.05) is 6.92 Å². The van der Waals surface area contributed by atoms with Crippen LogP contribution < -0.4 is 0 Å². The Morgan fingerprint density at radius 3 is 3.00 bits per heavy atom. The molecule has 0 spiro atoms. The maximum Gasteiger partial charge on any atom is 0.137 e. The Morgan fingerprint density at radius 1 is 1.53 bits per heavy atom. The number of fused-ring (bicyclic) bond motifs is 1. The Labute approximate surface area is 88.4 Å². The Balaban J connectivity index is 2.25. The van der Waals surface area contributed by atoms with Gasteiger partial charge in [0.15, 0.2) is 0 Å². The van der Waals surface area contributed by atoms with Gasteiger partial charge < -0.3 is 9.51 Å². The van der Waals surface area contributed by atoms with E-state index in [1.165, 1.54) is 18.4 Å². The van der Waals surface area contributed by atoms with Gasteiger partial charge in [-0.3, -0.25) is 0 Å². The summed E-state index contributed by atoms with van der Waals surface area (Å²) in [6.45, 7) is 2.36. The minimum atomic E-state index is 0.105. The van der Waals surface area contributed by atoms with Crippen molar-refractivity contribution in [3.05, 3.63) is 35.8 Å². The van der Waals surface area contributed by atoms with Crippen molar-refractivity contribution in [2.45, 2.75) is 31.8 Å². The number of imidazole rings is 1. The van der Waals surface area contributed by atoms with E-state index in [1.54, 1.807) is 6.20 Å². The topological polar surface area (TPSA) is 37.5 Å². The number of hydrogen-bond acceptors (Lipinski definition) is 2. The lowest BCUT2D eigenvalue weighted by Gasteiger charge is -2.14. The Bertz CT molecular complexity index is 511. The Hall–Kier alpha value is -1.35. The Morgan fingerprint density at radius 2 is 2.33 bits per heavy atom. The van der Waals surface area contributed by atoms with Gasteiger partial charge in [-0.25, -0.2) is 4.98 Å². The van der Waals surface area contributed by atoms with E-state index in [1.807, 2.05) is 16.7 Å². The van der Waals surface area contributed by atoms with Crippen LogP contribution in [0.4, 0.5) is 0 Å². The molecule has 2 aromatic heterocycles. The molecule has 15 heavy (non-hydrogen) atoms. The molecule has 2 aromatic rings. The van der Waals surface area contributed by atoms with Crippen LogP contribution in [0.3, 0.4) is 0 Å². The van der Waals surface area contributed by atoms with Gasteiger partial charge in [0, 0.05) is 18.6 Å². The van der Waals surface area contributed by atoms with Gasteiger partial charge in [0.25, 0.3) is 0 Å². The highest BCUT2D eigenvalue weighted by molar-refractivity contribution is 5.48. The van der Waals surface area contributed by atoms with Gasteiger partial charge in [-0.15, -0.1) is 0 Å². The number of nitrogens with zero attached hydrogens (tertiary/aromatic N) is 2. The molecule has 2 heterocycles. The normalized spacial score (nSPS) is 18.3. The average molecular weight is 202 g/mol. The van der Waals surface area contributed by atoms with Crippen molar-refractivity contribution in [1.29, 1.82) is 0 Å². The molecule has 0 amide bonds. The fourth-order valence-corrected chi connectivity index (χ4v) is 2.13. The SMILES string of the molecule is CC1(c2cn3ccnc3cc2CO)CC1. The van der Waals surface area contributed by atoms with Crippen LogP contribution in [0.25, 0.3) is 5.65 Å². The molecule has 3 rings (SSSR count). The van der Waals surface area contributed by atoms with Crippen LogP contribution in [0.1, 0.15) is 30.9 Å². The second-order valence-electron chi connectivity index (χ2n) is 4.62. The molecule has 1 fully saturated rings. The van der Waals surface area contributed by atoms with Gasteiger partial charge in [-0.2, -0.15) is 0 Å². The first-order chi connectivity index (χ1) is 7.23. The molecule has 0 unspecified atom stereocenters. The molecular weight excluding hydrogens is 188 g/mol. The summed E-state index contributed by atoms with van der Waals surface area (Å²) in [5.41, 5.74) is 3.49. The monoisotopic (exact) mass is 202 g/mol. The molecule has 3 heteroatoms. The van der Waals surface area contributed by atoms with E-state index in [2.05, 4.69) is 18.1 Å². The molecule has 0 radical (unpaired) electrons. The highest BCUT2D eigenvalue weighted by Crippen LogP contribution is 2.48. The van der Waals surface area contributed by atoms with Gasteiger partial charge in [0.2, 0.25) is 0 Å². The van der Waals surface area contributed by atoms with E-state index in [0.29, 0.717) is 0 Å². The van der Waals surface area contributed by atoms with E-state index in [4.69, 9.17) is 0 Å². The van der Waals surface area contributed by atoms with Crippen molar-refractivity contribution in [2.24, 2.45) is 0 Å². The summed E-state index contributed by atoms with van der Waals surface area (Å²) in [5.74, 6) is 0. The molecule has 0 saturated heterocycles. The molecule has 1 N–H and O–H groups in total. The summed E-state index contributed by atoms with van der Waals surface area (Å²) in [7, 11) is 0. The van der Waals surface area contributed by atoms with Gasteiger partial charge >= 0.3 is 0 Å². The highest BCUT2D eigenvalue weighted by atomic mass is 16.3. The van der Waals surface area contributed by atoms with Crippen molar-refractivity contribution in [1.82, 2.24) is 9.38 Å². The minimum absolute atomic E-state index is 0.105. The van der Waals surface area contributed by atoms with Crippen LogP contribution in [-0.4, -0.2) is 14.5 Å². The van der Waals surface area contributed by atoms with E-state index in [-0.39, 0.29) is 12.0 Å². The Kier molecular flexibility index (Phi) is 1.68. The van der Waals surface area contributed by atoms with Crippen LogP contribution in [-0.2, 0) is 12.0 Å². The molecule has 0 atom stereocenters. The van der Waals surface area contributed by atoms with Crippen LogP contribution in [0.2, 0.25) is 0 Å². The van der Waals surface area contributed by atoms with Crippen LogP contribution in [0.5, 0.6) is 0 Å². The standard InChI is InChI=1S/C12H14N2O/c1-12(2-3-12)10-7-14-5-4-13-11(14)6-9(10)8-15/h4-7,15H,2-3,8H2,1H3.